The summed E-state index contributed by atoms with van der Waals surface area (Å²) in [5.41, 5.74) is -3.21. The van der Waals surface area contributed by atoms with Crippen molar-refractivity contribution < 1.29 is 54.1 Å². The number of carboxylic acids is 1. The van der Waals surface area contributed by atoms with Gasteiger partial charge >= 0.3 is 18.3 Å². The Bertz CT molecular complexity index is 1630. The van der Waals surface area contributed by atoms with Gasteiger partial charge in [0, 0.05) is 19.6 Å². The van der Waals surface area contributed by atoms with Gasteiger partial charge in [-0.15, -0.1) is 0 Å². The molecule has 2 aliphatic rings. The molecule has 5 rings (SSSR count). The zero-order valence-electron chi connectivity index (χ0n) is 22.3. The highest BCUT2D eigenvalue weighted by Gasteiger charge is 2.45. The molecular weight excluding hydrogens is 604 g/mol. The van der Waals surface area contributed by atoms with Crippen LogP contribution in [0.2, 0.25) is 0 Å². The minimum absolute atomic E-state index is 0.0184. The Morgan fingerprint density at radius 2 is 1.49 bits per heavy atom. The molecule has 0 bridgehead atoms. The molecule has 1 N–H and O–H groups in total. The number of rotatable bonds is 6. The van der Waals surface area contributed by atoms with E-state index >= 15 is 0 Å². The molecule has 3 aromatic carbocycles. The number of hydrogen-bond acceptors (Lipinski definition) is 5. The van der Waals surface area contributed by atoms with Gasteiger partial charge in [-0.25, -0.2) is 8.42 Å². The fourth-order valence-electron chi connectivity index (χ4n) is 5.36. The van der Waals surface area contributed by atoms with Gasteiger partial charge in [-0.1, -0.05) is 24.3 Å². The van der Waals surface area contributed by atoms with Crippen molar-refractivity contribution in [2.24, 2.45) is 5.41 Å². The van der Waals surface area contributed by atoms with E-state index in [0.717, 1.165) is 34.6 Å². The molecule has 14 heteroatoms. The number of aliphatic carboxylic acids is 1. The number of halogens is 6. The van der Waals surface area contributed by atoms with Crippen molar-refractivity contribution in [1.29, 1.82) is 0 Å². The van der Waals surface area contributed by atoms with E-state index in [1.54, 1.807) is 0 Å². The van der Waals surface area contributed by atoms with Crippen LogP contribution in [0.4, 0.5) is 32.0 Å². The second-order valence-electron chi connectivity index (χ2n) is 10.5. The number of fused-ring (bicyclic) bond motifs is 1. The van der Waals surface area contributed by atoms with Crippen molar-refractivity contribution >= 4 is 21.7 Å². The first-order chi connectivity index (χ1) is 20.1. The molecular formula is C29H25F6NO6S. The molecule has 1 fully saturated rings. The van der Waals surface area contributed by atoms with Crippen LogP contribution >= 0.6 is 0 Å². The van der Waals surface area contributed by atoms with Gasteiger partial charge in [-0.2, -0.15) is 26.3 Å². The van der Waals surface area contributed by atoms with Crippen LogP contribution in [0.25, 0.3) is 11.1 Å². The first-order valence-electron chi connectivity index (χ1n) is 13.1. The van der Waals surface area contributed by atoms with Crippen LogP contribution in [0, 0.1) is 5.41 Å². The predicted molar refractivity (Wildman–Crippen MR) is 142 cm³/mol. The number of carbonyl (C=O) groups is 1. The van der Waals surface area contributed by atoms with Crippen LogP contribution in [0.15, 0.2) is 71.6 Å². The summed E-state index contributed by atoms with van der Waals surface area (Å²) in [4.78, 5) is 11.6. The minimum atomic E-state index is -4.83. The lowest BCUT2D eigenvalue weighted by atomic mass is 9.75. The number of benzene rings is 3. The van der Waals surface area contributed by atoms with Crippen LogP contribution < -0.4 is 9.04 Å². The summed E-state index contributed by atoms with van der Waals surface area (Å²) < 4.78 is 121. The lowest BCUT2D eigenvalue weighted by molar-refractivity contribution is -0.157. The molecule has 0 spiro atoms. The first kappa shape index (κ1) is 30.7. The average Bonchev–Trinajstić information content (AvgIpc) is 2.96. The summed E-state index contributed by atoms with van der Waals surface area (Å²) in [5, 5.41) is 10.0. The predicted octanol–water partition coefficient (Wildman–Crippen LogP) is 6.62. The van der Waals surface area contributed by atoms with Crippen molar-refractivity contribution in [3.63, 3.8) is 0 Å². The summed E-state index contributed by atoms with van der Waals surface area (Å²) in [6, 6.07) is 11.6. The van der Waals surface area contributed by atoms with Gasteiger partial charge in [0.15, 0.2) is 0 Å². The Balaban J connectivity index is 1.60. The SMILES string of the molecule is O=C(O)C1(C[C@H]2CN(S(=O)(=O)c3cccc(C(F)(F)F)c3)c3cc(-c4cccc(C(F)(F)F)c4)ccc3O2)CCOCC1. The van der Waals surface area contributed by atoms with Crippen molar-refractivity contribution in [2.75, 3.05) is 24.1 Å². The Labute approximate surface area is 242 Å². The van der Waals surface area contributed by atoms with E-state index in [-0.39, 0.29) is 55.0 Å². The molecule has 2 heterocycles. The first-order valence-corrected chi connectivity index (χ1v) is 14.5. The molecule has 2 aliphatic heterocycles. The van der Waals surface area contributed by atoms with E-state index in [1.165, 1.54) is 30.3 Å². The number of sulfonamides is 1. The maximum Gasteiger partial charge on any atom is 0.416 e. The summed E-state index contributed by atoms with van der Waals surface area (Å²) in [6.07, 6.45) is -10.3. The van der Waals surface area contributed by atoms with Crippen molar-refractivity contribution in [3.05, 3.63) is 77.9 Å². The second kappa shape index (κ2) is 11.1. The average molecular weight is 630 g/mol. The topological polar surface area (TPSA) is 93.1 Å². The molecule has 1 saturated heterocycles. The molecule has 1 atom stereocenters. The van der Waals surface area contributed by atoms with E-state index in [4.69, 9.17) is 9.47 Å². The smallest absolute Gasteiger partial charge is 0.416 e. The Morgan fingerprint density at radius 1 is 0.884 bits per heavy atom. The van der Waals surface area contributed by atoms with Gasteiger partial charge in [0.1, 0.15) is 11.9 Å². The van der Waals surface area contributed by atoms with E-state index in [0.29, 0.717) is 6.07 Å². The highest BCUT2D eigenvalue weighted by Crippen LogP contribution is 2.44. The second-order valence-corrected chi connectivity index (χ2v) is 12.3. The number of nitrogens with zero attached hydrogens (tertiary/aromatic N) is 1. The van der Waals surface area contributed by atoms with Crippen molar-refractivity contribution in [2.45, 2.75) is 42.6 Å². The zero-order valence-corrected chi connectivity index (χ0v) is 23.1. The molecule has 43 heavy (non-hydrogen) atoms. The minimum Gasteiger partial charge on any atom is -0.486 e. The van der Waals surface area contributed by atoms with Crippen LogP contribution in [0.5, 0.6) is 5.75 Å². The molecule has 3 aromatic rings. The van der Waals surface area contributed by atoms with Gasteiger partial charge in [-0.05, 0) is 66.4 Å². The van der Waals surface area contributed by atoms with E-state index in [9.17, 15) is 44.7 Å². The summed E-state index contributed by atoms with van der Waals surface area (Å²) in [7, 11) is -4.70. The Kier molecular flexibility index (Phi) is 7.88. The van der Waals surface area contributed by atoms with Gasteiger partial charge in [-0.3, -0.25) is 9.10 Å². The highest BCUT2D eigenvalue weighted by molar-refractivity contribution is 7.92. The van der Waals surface area contributed by atoms with Crippen LogP contribution in [0.3, 0.4) is 0 Å². The lowest BCUT2D eigenvalue weighted by Crippen LogP contribution is -2.48. The third kappa shape index (κ3) is 6.16. The third-order valence-electron chi connectivity index (χ3n) is 7.69. The number of anilines is 1. The third-order valence-corrected chi connectivity index (χ3v) is 9.46. The number of hydrogen-bond donors (Lipinski definition) is 1. The van der Waals surface area contributed by atoms with Crippen molar-refractivity contribution in [3.8, 4) is 16.9 Å². The zero-order chi connectivity index (χ0) is 31.2. The summed E-state index contributed by atoms with van der Waals surface area (Å²) in [6.45, 7) is -0.113. The molecule has 0 aromatic heterocycles. The Hall–Kier alpha value is -3.78. The van der Waals surface area contributed by atoms with Crippen LogP contribution in [-0.4, -0.2) is 45.4 Å². The quantitative estimate of drug-likeness (QED) is 0.308. The van der Waals surface area contributed by atoms with Gasteiger partial charge < -0.3 is 14.6 Å². The lowest BCUT2D eigenvalue weighted by Gasteiger charge is -2.40. The van der Waals surface area contributed by atoms with Crippen LogP contribution in [0.1, 0.15) is 30.4 Å². The largest absolute Gasteiger partial charge is 0.486 e. The monoisotopic (exact) mass is 629 g/mol. The standard InChI is InChI=1S/C29H25F6NO6S/c30-28(31,32)20-4-1-3-18(13-20)19-7-8-25-24(14-19)36(43(39,40)23-6-2-5-21(15-23)29(33,34)35)17-22(42-25)16-27(26(37)38)9-11-41-12-10-27/h1-8,13-15,22H,9-12,16-17H2,(H,37,38)/t22-/m0/s1. The highest BCUT2D eigenvalue weighted by atomic mass is 32.2. The molecule has 0 saturated carbocycles. The number of alkyl halides is 6. The molecule has 230 valence electrons. The maximum absolute atomic E-state index is 13.9. The summed E-state index contributed by atoms with van der Waals surface area (Å²) in [5.74, 6) is -1.13. The molecule has 7 nitrogen and oxygen atoms in total. The number of carboxylic acid groups (broad SMARTS) is 1. The fourth-order valence-corrected chi connectivity index (χ4v) is 6.91. The van der Waals surface area contributed by atoms with E-state index in [1.807, 2.05) is 0 Å². The molecule has 0 aliphatic carbocycles. The van der Waals surface area contributed by atoms with E-state index in [2.05, 4.69) is 0 Å². The van der Waals surface area contributed by atoms with Crippen molar-refractivity contribution in [1.82, 2.24) is 0 Å². The van der Waals surface area contributed by atoms with Gasteiger partial charge in [0.05, 0.1) is 33.7 Å². The maximum atomic E-state index is 13.9. The van der Waals surface area contributed by atoms with Gasteiger partial charge in [0.25, 0.3) is 10.0 Å². The van der Waals surface area contributed by atoms with Gasteiger partial charge in [0.2, 0.25) is 0 Å². The summed E-state index contributed by atoms with van der Waals surface area (Å²) >= 11 is 0. The van der Waals surface area contributed by atoms with E-state index < -0.39 is 62.4 Å². The van der Waals surface area contributed by atoms with Crippen LogP contribution in [-0.2, 0) is 31.9 Å². The number of ether oxygens (including phenoxy) is 2. The molecule has 0 amide bonds. The molecule has 0 radical (unpaired) electrons. The fraction of sp³-hybridized carbons (Fsp3) is 0.345. The Morgan fingerprint density at radius 3 is 2.12 bits per heavy atom. The molecule has 0 unspecified atom stereocenters. The normalized spacial score (nSPS) is 18.9.